The number of carbonyl (C=O) groups is 2. The number of aryl methyl sites for hydroxylation is 1. The van der Waals surface area contributed by atoms with Gasteiger partial charge in [0.25, 0.3) is 10.0 Å². The van der Waals surface area contributed by atoms with E-state index < -0.39 is 28.5 Å². The van der Waals surface area contributed by atoms with Gasteiger partial charge in [0.05, 0.1) is 10.6 Å². The molecule has 2 amide bonds. The standard InChI is InChI=1S/C33H41Cl2N3O4S/c1-6-8-19-36-33(40)31(7-2)37(21-26-11-14-27(34)20-30(26)35)32(39)22-38(28-15-12-25(13-16-28)23(3)4)43(41,42)29-17-9-24(5)10-18-29/h9-18,20,23,31H,6-8,19,21-22H2,1-5H3,(H,36,40). The Labute approximate surface area is 266 Å². The number of unbranched alkanes of at least 4 members (excludes halogenated alkanes) is 1. The lowest BCUT2D eigenvalue weighted by Gasteiger charge is -2.33. The van der Waals surface area contributed by atoms with E-state index in [1.165, 1.54) is 17.0 Å². The predicted octanol–water partition coefficient (Wildman–Crippen LogP) is 7.34. The van der Waals surface area contributed by atoms with Crippen LogP contribution in [0.4, 0.5) is 5.69 Å². The van der Waals surface area contributed by atoms with Crippen molar-refractivity contribution < 1.29 is 18.0 Å². The van der Waals surface area contributed by atoms with E-state index in [-0.39, 0.29) is 23.3 Å². The van der Waals surface area contributed by atoms with E-state index in [1.54, 1.807) is 42.5 Å². The molecule has 232 valence electrons. The zero-order valence-electron chi connectivity index (χ0n) is 25.4. The second-order valence-corrected chi connectivity index (χ2v) is 13.6. The summed E-state index contributed by atoms with van der Waals surface area (Å²) >= 11 is 12.6. The van der Waals surface area contributed by atoms with Gasteiger partial charge in [-0.3, -0.25) is 13.9 Å². The van der Waals surface area contributed by atoms with E-state index in [9.17, 15) is 18.0 Å². The molecule has 1 unspecified atom stereocenters. The van der Waals surface area contributed by atoms with Crippen LogP contribution in [0.2, 0.25) is 10.0 Å². The molecule has 3 aromatic carbocycles. The van der Waals surface area contributed by atoms with Gasteiger partial charge in [-0.1, -0.05) is 93.2 Å². The molecule has 0 radical (unpaired) electrons. The third kappa shape index (κ3) is 8.97. The van der Waals surface area contributed by atoms with Crippen molar-refractivity contribution in [2.75, 3.05) is 17.4 Å². The maximum Gasteiger partial charge on any atom is 0.264 e. The van der Waals surface area contributed by atoms with Gasteiger partial charge in [0.1, 0.15) is 12.6 Å². The van der Waals surface area contributed by atoms with E-state index >= 15 is 0 Å². The number of halogens is 2. The highest BCUT2D eigenvalue weighted by Gasteiger charge is 2.34. The number of carbonyl (C=O) groups excluding carboxylic acids is 2. The second kappa shape index (κ2) is 15.6. The minimum atomic E-state index is -4.15. The summed E-state index contributed by atoms with van der Waals surface area (Å²) in [5.41, 5.74) is 2.89. The van der Waals surface area contributed by atoms with Crippen molar-refractivity contribution in [2.45, 2.75) is 77.3 Å². The first-order valence-corrected chi connectivity index (χ1v) is 16.8. The van der Waals surface area contributed by atoms with Crippen molar-refractivity contribution in [3.8, 4) is 0 Å². The topological polar surface area (TPSA) is 86.8 Å². The van der Waals surface area contributed by atoms with Gasteiger partial charge in [-0.2, -0.15) is 0 Å². The quantitative estimate of drug-likeness (QED) is 0.186. The van der Waals surface area contributed by atoms with Gasteiger partial charge < -0.3 is 10.2 Å². The van der Waals surface area contributed by atoms with E-state index in [1.807, 2.05) is 32.9 Å². The van der Waals surface area contributed by atoms with E-state index in [2.05, 4.69) is 19.2 Å². The summed E-state index contributed by atoms with van der Waals surface area (Å²) in [6.45, 7) is 9.79. The van der Waals surface area contributed by atoms with Gasteiger partial charge in [-0.15, -0.1) is 0 Å². The average molecular weight is 647 g/mol. The maximum absolute atomic E-state index is 14.2. The van der Waals surface area contributed by atoms with Crippen LogP contribution >= 0.6 is 23.2 Å². The van der Waals surface area contributed by atoms with Gasteiger partial charge in [-0.25, -0.2) is 8.42 Å². The van der Waals surface area contributed by atoms with Crippen molar-refractivity contribution in [2.24, 2.45) is 0 Å². The highest BCUT2D eigenvalue weighted by atomic mass is 35.5. The molecule has 7 nitrogen and oxygen atoms in total. The van der Waals surface area contributed by atoms with Crippen LogP contribution in [0.25, 0.3) is 0 Å². The van der Waals surface area contributed by atoms with E-state index in [0.29, 0.717) is 34.3 Å². The molecule has 0 aliphatic heterocycles. The number of sulfonamides is 1. The van der Waals surface area contributed by atoms with Gasteiger partial charge >= 0.3 is 0 Å². The largest absolute Gasteiger partial charge is 0.354 e. The molecule has 1 atom stereocenters. The molecule has 3 aromatic rings. The molecule has 0 fully saturated rings. The number of hydrogen-bond acceptors (Lipinski definition) is 4. The molecule has 0 aromatic heterocycles. The first-order chi connectivity index (χ1) is 20.4. The van der Waals surface area contributed by atoms with Crippen molar-refractivity contribution in [1.82, 2.24) is 10.2 Å². The summed E-state index contributed by atoms with van der Waals surface area (Å²) in [7, 11) is -4.15. The first-order valence-electron chi connectivity index (χ1n) is 14.6. The first kappa shape index (κ1) is 34.4. The van der Waals surface area contributed by atoms with Crippen LogP contribution in [0, 0.1) is 6.92 Å². The average Bonchev–Trinajstić information content (AvgIpc) is 2.97. The molecule has 0 heterocycles. The highest BCUT2D eigenvalue weighted by molar-refractivity contribution is 7.92. The third-order valence-electron chi connectivity index (χ3n) is 7.31. The fraction of sp³-hybridized carbons (Fsp3) is 0.394. The summed E-state index contributed by atoms with van der Waals surface area (Å²) in [5.74, 6) is -0.593. The summed E-state index contributed by atoms with van der Waals surface area (Å²) in [6.07, 6.45) is 2.03. The minimum absolute atomic E-state index is 0.000747. The number of nitrogens with zero attached hydrogens (tertiary/aromatic N) is 2. The molecule has 10 heteroatoms. The van der Waals surface area contributed by atoms with Gasteiger partial charge in [0.2, 0.25) is 11.8 Å². The van der Waals surface area contributed by atoms with Crippen LogP contribution in [-0.4, -0.2) is 44.3 Å². The molecule has 0 spiro atoms. The lowest BCUT2D eigenvalue weighted by molar-refractivity contribution is -0.140. The highest BCUT2D eigenvalue weighted by Crippen LogP contribution is 2.28. The second-order valence-electron chi connectivity index (χ2n) is 10.9. The SMILES string of the molecule is CCCCNC(=O)C(CC)N(Cc1ccc(Cl)cc1Cl)C(=O)CN(c1ccc(C(C)C)cc1)S(=O)(=O)c1ccc(C)cc1. The molecule has 0 saturated heterocycles. The lowest BCUT2D eigenvalue weighted by Crippen LogP contribution is -2.52. The Kier molecular flexibility index (Phi) is 12.5. The molecular weight excluding hydrogens is 605 g/mol. The zero-order valence-corrected chi connectivity index (χ0v) is 27.8. The number of nitrogens with one attached hydrogen (secondary N) is 1. The van der Waals surface area contributed by atoms with Crippen LogP contribution in [0.3, 0.4) is 0 Å². The van der Waals surface area contributed by atoms with Crippen molar-refractivity contribution in [3.63, 3.8) is 0 Å². The van der Waals surface area contributed by atoms with Crippen molar-refractivity contribution in [1.29, 1.82) is 0 Å². The number of anilines is 1. The number of amides is 2. The molecule has 0 saturated carbocycles. The molecule has 1 N–H and O–H groups in total. The fourth-order valence-electron chi connectivity index (χ4n) is 4.65. The van der Waals surface area contributed by atoms with E-state index in [0.717, 1.165) is 28.3 Å². The van der Waals surface area contributed by atoms with Crippen LogP contribution in [-0.2, 0) is 26.2 Å². The summed E-state index contributed by atoms with van der Waals surface area (Å²) < 4.78 is 29.2. The monoisotopic (exact) mass is 645 g/mol. The Balaban J connectivity index is 2.07. The Morgan fingerprint density at radius 3 is 2.14 bits per heavy atom. The Morgan fingerprint density at radius 2 is 1.58 bits per heavy atom. The summed E-state index contributed by atoms with van der Waals surface area (Å²) in [4.78, 5) is 29.0. The Bertz CT molecular complexity index is 1490. The molecule has 3 rings (SSSR count). The molecule has 0 aliphatic rings. The maximum atomic E-state index is 14.2. The zero-order chi connectivity index (χ0) is 31.7. The smallest absolute Gasteiger partial charge is 0.264 e. The molecule has 43 heavy (non-hydrogen) atoms. The van der Waals surface area contributed by atoms with Gasteiger partial charge in [-0.05, 0) is 73.2 Å². The lowest BCUT2D eigenvalue weighted by atomic mass is 10.0. The van der Waals surface area contributed by atoms with Crippen LogP contribution in [0.15, 0.2) is 71.6 Å². The summed E-state index contributed by atoms with van der Waals surface area (Å²) in [6, 6.07) is 17.8. The number of hydrogen-bond donors (Lipinski definition) is 1. The van der Waals surface area contributed by atoms with Crippen LogP contribution in [0.1, 0.15) is 69.6 Å². The molecular formula is C33H41Cl2N3O4S. The fourth-order valence-corrected chi connectivity index (χ4v) is 6.53. The number of rotatable bonds is 14. The van der Waals surface area contributed by atoms with E-state index in [4.69, 9.17) is 23.2 Å². The normalized spacial score (nSPS) is 12.2. The Hall–Kier alpha value is -3.07. The third-order valence-corrected chi connectivity index (χ3v) is 9.68. The van der Waals surface area contributed by atoms with Crippen LogP contribution < -0.4 is 9.62 Å². The van der Waals surface area contributed by atoms with Gasteiger partial charge in [0, 0.05) is 23.1 Å². The minimum Gasteiger partial charge on any atom is -0.354 e. The van der Waals surface area contributed by atoms with Crippen molar-refractivity contribution in [3.05, 3.63) is 93.5 Å². The molecule has 0 bridgehead atoms. The van der Waals surface area contributed by atoms with Crippen molar-refractivity contribution >= 4 is 50.7 Å². The summed E-state index contributed by atoms with van der Waals surface area (Å²) in [5, 5.41) is 3.71. The number of benzene rings is 3. The molecule has 0 aliphatic carbocycles. The Morgan fingerprint density at radius 1 is 0.930 bits per heavy atom. The van der Waals surface area contributed by atoms with Crippen LogP contribution in [0.5, 0.6) is 0 Å². The predicted molar refractivity (Wildman–Crippen MR) is 175 cm³/mol. The van der Waals surface area contributed by atoms with Gasteiger partial charge in [0.15, 0.2) is 0 Å².